The predicted molar refractivity (Wildman–Crippen MR) is 102 cm³/mol. The van der Waals surface area contributed by atoms with E-state index >= 15 is 0 Å². The molecule has 7 heteroatoms. The maximum atomic E-state index is 14.5. The third-order valence-electron chi connectivity index (χ3n) is 4.04. The summed E-state index contributed by atoms with van der Waals surface area (Å²) in [7, 11) is 3.15. The molecule has 1 heterocycles. The lowest BCUT2D eigenvalue weighted by Crippen LogP contribution is -2.12. The van der Waals surface area contributed by atoms with Gasteiger partial charge in [0.2, 0.25) is 0 Å². The molecule has 3 aromatic rings. The van der Waals surface area contributed by atoms with Crippen LogP contribution in [0, 0.1) is 5.82 Å². The minimum absolute atomic E-state index is 0.282. The van der Waals surface area contributed by atoms with Crippen molar-refractivity contribution in [1.82, 2.24) is 9.78 Å². The number of anilines is 1. The van der Waals surface area contributed by atoms with E-state index in [2.05, 4.69) is 15.6 Å². The largest absolute Gasteiger partial charge is 0.399 e. The minimum Gasteiger partial charge on any atom is -0.399 e. The summed E-state index contributed by atoms with van der Waals surface area (Å²) >= 11 is 0. The molecule has 0 spiro atoms. The number of rotatable bonds is 5. The number of halogens is 1. The van der Waals surface area contributed by atoms with Gasteiger partial charge < -0.3 is 10.2 Å². The summed E-state index contributed by atoms with van der Waals surface area (Å²) in [5.74, 6) is -0.699. The van der Waals surface area contributed by atoms with E-state index in [0.29, 0.717) is 33.7 Å². The van der Waals surface area contributed by atoms with Gasteiger partial charge in [-0.05, 0) is 30.7 Å². The standard InChI is InChI=1S/C20H19FN4O2/c1-13(24-27-3)16-9-8-14(10-18(16)21)17-6-4-5-7-19(17)23-20(26)15-11-22-25(2)12-15/h4-12H,1-3H3,(H,23,26)/b24-13+. The van der Waals surface area contributed by atoms with E-state index in [1.54, 1.807) is 43.0 Å². The van der Waals surface area contributed by atoms with E-state index in [4.69, 9.17) is 4.84 Å². The van der Waals surface area contributed by atoms with E-state index in [-0.39, 0.29) is 5.91 Å². The summed E-state index contributed by atoms with van der Waals surface area (Å²) < 4.78 is 16.1. The molecule has 0 aliphatic rings. The molecule has 27 heavy (non-hydrogen) atoms. The van der Waals surface area contributed by atoms with Crippen LogP contribution >= 0.6 is 0 Å². The lowest BCUT2D eigenvalue weighted by molar-refractivity contribution is 0.102. The number of oxime groups is 1. The zero-order chi connectivity index (χ0) is 19.4. The van der Waals surface area contributed by atoms with Gasteiger partial charge in [-0.3, -0.25) is 9.48 Å². The summed E-state index contributed by atoms with van der Waals surface area (Å²) in [6.07, 6.45) is 3.12. The smallest absolute Gasteiger partial charge is 0.258 e. The van der Waals surface area contributed by atoms with Crippen LogP contribution in [0.3, 0.4) is 0 Å². The first kappa shape index (κ1) is 18.3. The average Bonchev–Trinajstić information content (AvgIpc) is 3.09. The quantitative estimate of drug-likeness (QED) is 0.551. The van der Waals surface area contributed by atoms with Gasteiger partial charge in [-0.2, -0.15) is 5.10 Å². The highest BCUT2D eigenvalue weighted by Gasteiger charge is 2.14. The molecule has 0 aliphatic carbocycles. The van der Waals surface area contributed by atoms with Crippen LogP contribution in [0.25, 0.3) is 11.1 Å². The van der Waals surface area contributed by atoms with E-state index < -0.39 is 5.82 Å². The highest BCUT2D eigenvalue weighted by atomic mass is 19.1. The molecule has 0 aliphatic heterocycles. The van der Waals surface area contributed by atoms with Gasteiger partial charge in [0.1, 0.15) is 12.9 Å². The Kier molecular flexibility index (Phi) is 5.30. The van der Waals surface area contributed by atoms with Gasteiger partial charge in [-0.15, -0.1) is 0 Å². The molecule has 6 nitrogen and oxygen atoms in total. The van der Waals surface area contributed by atoms with Crippen molar-refractivity contribution in [3.05, 3.63) is 71.8 Å². The Morgan fingerprint density at radius 3 is 2.70 bits per heavy atom. The summed E-state index contributed by atoms with van der Waals surface area (Å²) in [5.41, 5.74) is 3.18. The second-order valence-corrected chi connectivity index (χ2v) is 5.96. The fourth-order valence-electron chi connectivity index (χ4n) is 2.74. The Balaban J connectivity index is 1.93. The van der Waals surface area contributed by atoms with E-state index in [0.717, 1.165) is 0 Å². The van der Waals surface area contributed by atoms with Crippen molar-refractivity contribution in [2.75, 3.05) is 12.4 Å². The maximum absolute atomic E-state index is 14.5. The monoisotopic (exact) mass is 366 g/mol. The number of carbonyl (C=O) groups excluding carboxylic acids is 1. The average molecular weight is 366 g/mol. The number of amides is 1. The van der Waals surface area contributed by atoms with E-state index in [9.17, 15) is 9.18 Å². The van der Waals surface area contributed by atoms with Crippen molar-refractivity contribution in [3.8, 4) is 11.1 Å². The number of para-hydroxylation sites is 1. The number of hydrogen-bond acceptors (Lipinski definition) is 4. The van der Waals surface area contributed by atoms with Crippen LogP contribution in [0.5, 0.6) is 0 Å². The van der Waals surface area contributed by atoms with Gasteiger partial charge in [-0.1, -0.05) is 29.4 Å². The van der Waals surface area contributed by atoms with E-state index in [1.807, 2.05) is 18.2 Å². The van der Waals surface area contributed by atoms with Crippen molar-refractivity contribution in [2.45, 2.75) is 6.92 Å². The Bertz CT molecular complexity index is 1010. The molecule has 0 saturated carbocycles. The number of nitrogens with zero attached hydrogens (tertiary/aromatic N) is 3. The van der Waals surface area contributed by atoms with Crippen molar-refractivity contribution in [2.24, 2.45) is 12.2 Å². The number of aryl methyl sites for hydroxylation is 1. The number of benzene rings is 2. The molecule has 0 saturated heterocycles. The van der Waals surface area contributed by atoms with Crippen LogP contribution in [0.1, 0.15) is 22.8 Å². The summed E-state index contributed by atoms with van der Waals surface area (Å²) in [6, 6.07) is 12.1. The van der Waals surface area contributed by atoms with Gasteiger partial charge in [0.15, 0.2) is 0 Å². The molecule has 0 radical (unpaired) electrons. The molecule has 1 amide bonds. The van der Waals surface area contributed by atoms with Crippen molar-refractivity contribution >= 4 is 17.3 Å². The lowest BCUT2D eigenvalue weighted by Gasteiger charge is -2.12. The molecular weight excluding hydrogens is 347 g/mol. The summed E-state index contributed by atoms with van der Waals surface area (Å²) in [4.78, 5) is 17.1. The molecule has 1 N–H and O–H groups in total. The zero-order valence-electron chi connectivity index (χ0n) is 15.2. The van der Waals surface area contributed by atoms with Crippen LogP contribution in [-0.2, 0) is 11.9 Å². The molecule has 2 aromatic carbocycles. The number of nitrogens with one attached hydrogen (secondary N) is 1. The molecule has 0 fully saturated rings. The van der Waals surface area contributed by atoms with Crippen molar-refractivity contribution in [1.29, 1.82) is 0 Å². The van der Waals surface area contributed by atoms with Crippen LogP contribution in [0.2, 0.25) is 0 Å². The van der Waals surface area contributed by atoms with Gasteiger partial charge in [0, 0.05) is 30.1 Å². The molecule has 138 valence electrons. The number of hydrogen-bond donors (Lipinski definition) is 1. The third kappa shape index (κ3) is 4.03. The van der Waals surface area contributed by atoms with Crippen LogP contribution < -0.4 is 5.32 Å². The van der Waals surface area contributed by atoms with Crippen molar-refractivity contribution in [3.63, 3.8) is 0 Å². The van der Waals surface area contributed by atoms with Crippen LogP contribution in [0.4, 0.5) is 10.1 Å². The number of aromatic nitrogens is 2. The first-order valence-corrected chi connectivity index (χ1v) is 8.26. The topological polar surface area (TPSA) is 68.5 Å². The Morgan fingerprint density at radius 1 is 1.26 bits per heavy atom. The van der Waals surface area contributed by atoms with E-state index in [1.165, 1.54) is 19.4 Å². The zero-order valence-corrected chi connectivity index (χ0v) is 15.2. The predicted octanol–water partition coefficient (Wildman–Crippen LogP) is 3.85. The van der Waals surface area contributed by atoms with Crippen LogP contribution in [-0.4, -0.2) is 28.5 Å². The van der Waals surface area contributed by atoms with Gasteiger partial charge in [0.05, 0.1) is 17.5 Å². The first-order chi connectivity index (χ1) is 13.0. The van der Waals surface area contributed by atoms with Gasteiger partial charge in [-0.25, -0.2) is 4.39 Å². The Hall–Kier alpha value is -3.48. The molecule has 0 unspecified atom stereocenters. The lowest BCUT2D eigenvalue weighted by atomic mass is 10.00. The highest BCUT2D eigenvalue weighted by Crippen LogP contribution is 2.29. The minimum atomic E-state index is -0.417. The Labute approximate surface area is 156 Å². The molecule has 3 rings (SSSR count). The molecular formula is C20H19FN4O2. The summed E-state index contributed by atoms with van der Waals surface area (Å²) in [5, 5.41) is 10.6. The van der Waals surface area contributed by atoms with Crippen LogP contribution in [0.15, 0.2) is 60.0 Å². The SMILES string of the molecule is CO/N=C(\C)c1ccc(-c2ccccc2NC(=O)c2cnn(C)c2)cc1F. The fraction of sp³-hybridized carbons (Fsp3) is 0.150. The third-order valence-corrected chi connectivity index (χ3v) is 4.04. The fourth-order valence-corrected chi connectivity index (χ4v) is 2.74. The molecule has 0 atom stereocenters. The normalized spacial score (nSPS) is 11.3. The first-order valence-electron chi connectivity index (χ1n) is 8.26. The second-order valence-electron chi connectivity index (χ2n) is 5.96. The summed E-state index contributed by atoms with van der Waals surface area (Å²) in [6.45, 7) is 1.67. The Morgan fingerprint density at radius 2 is 2.04 bits per heavy atom. The molecule has 1 aromatic heterocycles. The van der Waals surface area contributed by atoms with Gasteiger partial charge in [0.25, 0.3) is 5.91 Å². The number of carbonyl (C=O) groups is 1. The second kappa shape index (κ2) is 7.82. The van der Waals surface area contributed by atoms with Gasteiger partial charge >= 0.3 is 0 Å². The maximum Gasteiger partial charge on any atom is 0.258 e. The highest BCUT2D eigenvalue weighted by molar-refractivity contribution is 6.06. The van der Waals surface area contributed by atoms with Crippen molar-refractivity contribution < 1.29 is 14.0 Å². The molecule has 0 bridgehead atoms.